The zero-order valence-electron chi connectivity index (χ0n) is 11.1. The average Bonchev–Trinajstić information content (AvgIpc) is 2.97. The summed E-state index contributed by atoms with van der Waals surface area (Å²) in [5.41, 5.74) is 0. The fraction of sp³-hybridized carbons (Fsp3) is 0.833. The van der Waals surface area contributed by atoms with Crippen molar-refractivity contribution in [2.24, 2.45) is 0 Å². The summed E-state index contributed by atoms with van der Waals surface area (Å²) < 4.78 is 10.3. The summed E-state index contributed by atoms with van der Waals surface area (Å²) in [6, 6.07) is 0. The van der Waals surface area contributed by atoms with Crippen molar-refractivity contribution in [3.05, 3.63) is 0 Å². The molecule has 2 heterocycles. The Labute approximate surface area is 123 Å². The van der Waals surface area contributed by atoms with Crippen LogP contribution in [0.3, 0.4) is 0 Å². The van der Waals surface area contributed by atoms with Crippen molar-refractivity contribution in [1.82, 2.24) is 10.2 Å². The second-order valence-corrected chi connectivity index (χ2v) is 6.35. The first-order valence-electron chi connectivity index (χ1n) is 6.54. The van der Waals surface area contributed by atoms with E-state index >= 15 is 0 Å². The van der Waals surface area contributed by atoms with Crippen LogP contribution < -0.4 is 5.32 Å². The first-order chi connectivity index (χ1) is 9.20. The molecular weight excluding hydrogens is 284 g/mol. The van der Waals surface area contributed by atoms with Gasteiger partial charge in [0.2, 0.25) is 0 Å². The number of methoxy groups -OCH3 is 1. The lowest BCUT2D eigenvalue weighted by atomic mass is 10.2. The van der Waals surface area contributed by atoms with Crippen LogP contribution in [0.2, 0.25) is 0 Å². The van der Waals surface area contributed by atoms with Crippen LogP contribution in [-0.2, 0) is 14.3 Å². The molecule has 0 aromatic rings. The molecule has 108 valence electrons. The van der Waals surface area contributed by atoms with Crippen LogP contribution in [0, 0.1) is 0 Å². The molecule has 0 amide bonds. The monoisotopic (exact) mass is 304 g/mol. The summed E-state index contributed by atoms with van der Waals surface area (Å²) in [6.07, 6.45) is 2.49. The van der Waals surface area contributed by atoms with Crippen molar-refractivity contribution in [3.63, 3.8) is 0 Å². The van der Waals surface area contributed by atoms with Gasteiger partial charge in [-0.25, -0.2) is 0 Å². The van der Waals surface area contributed by atoms with Gasteiger partial charge in [0, 0.05) is 32.0 Å². The van der Waals surface area contributed by atoms with Gasteiger partial charge in [0.05, 0.1) is 13.2 Å². The predicted octanol–water partition coefficient (Wildman–Crippen LogP) is 0.630. The Bertz CT molecular complexity index is 335. The van der Waals surface area contributed by atoms with E-state index in [1.807, 2.05) is 4.90 Å². The topological polar surface area (TPSA) is 50.8 Å². The smallest absolute Gasteiger partial charge is 0.320 e. The van der Waals surface area contributed by atoms with Gasteiger partial charge in [0.1, 0.15) is 5.25 Å². The quantitative estimate of drug-likeness (QED) is 0.606. The first-order valence-corrected chi connectivity index (χ1v) is 8.00. The number of thiocarbonyl (C=S) groups is 1. The molecule has 2 aliphatic rings. The second kappa shape index (κ2) is 7.31. The Morgan fingerprint density at radius 1 is 1.63 bits per heavy atom. The van der Waals surface area contributed by atoms with Crippen LogP contribution in [0.5, 0.6) is 0 Å². The third-order valence-electron chi connectivity index (χ3n) is 3.32. The van der Waals surface area contributed by atoms with Gasteiger partial charge < -0.3 is 19.7 Å². The van der Waals surface area contributed by atoms with E-state index in [4.69, 9.17) is 21.7 Å². The Hall–Kier alpha value is -0.530. The van der Waals surface area contributed by atoms with Crippen molar-refractivity contribution in [2.45, 2.75) is 24.2 Å². The van der Waals surface area contributed by atoms with E-state index in [2.05, 4.69) is 5.32 Å². The number of rotatable bonds is 3. The number of hydrogen-bond donors (Lipinski definition) is 1. The summed E-state index contributed by atoms with van der Waals surface area (Å²) in [7, 11) is 1.43. The lowest BCUT2D eigenvalue weighted by molar-refractivity contribution is -0.140. The SMILES string of the molecule is COC(=O)[C@H]1CN(C(=S)NC[C@@H]2CCCO2)CCS1. The third kappa shape index (κ3) is 4.22. The van der Waals surface area contributed by atoms with Crippen LogP contribution in [0.25, 0.3) is 0 Å². The molecule has 0 radical (unpaired) electrons. The number of carbonyl (C=O) groups is 1. The Morgan fingerprint density at radius 2 is 2.47 bits per heavy atom. The molecule has 2 fully saturated rings. The van der Waals surface area contributed by atoms with Gasteiger partial charge in [0.25, 0.3) is 0 Å². The molecule has 2 atom stereocenters. The highest BCUT2D eigenvalue weighted by Gasteiger charge is 2.28. The van der Waals surface area contributed by atoms with Crippen molar-refractivity contribution < 1.29 is 14.3 Å². The molecule has 2 rings (SSSR count). The molecule has 7 heteroatoms. The molecule has 1 N–H and O–H groups in total. The van der Waals surface area contributed by atoms with E-state index in [9.17, 15) is 4.79 Å². The number of nitrogens with one attached hydrogen (secondary N) is 1. The molecule has 0 aliphatic carbocycles. The Kier molecular flexibility index (Phi) is 5.72. The molecular formula is C12H20N2O3S2. The van der Waals surface area contributed by atoms with Gasteiger partial charge in [-0.05, 0) is 25.1 Å². The summed E-state index contributed by atoms with van der Waals surface area (Å²) in [4.78, 5) is 13.6. The van der Waals surface area contributed by atoms with Gasteiger partial charge in [-0.1, -0.05) is 0 Å². The van der Waals surface area contributed by atoms with Gasteiger partial charge in [0.15, 0.2) is 5.11 Å². The highest BCUT2D eigenvalue weighted by Crippen LogP contribution is 2.20. The maximum Gasteiger partial charge on any atom is 0.320 e. The molecule has 2 aliphatic heterocycles. The maximum absolute atomic E-state index is 11.5. The number of carbonyl (C=O) groups excluding carboxylic acids is 1. The van der Waals surface area contributed by atoms with Crippen LogP contribution in [-0.4, -0.2) is 66.4 Å². The Morgan fingerprint density at radius 3 is 3.16 bits per heavy atom. The number of ether oxygens (including phenoxy) is 2. The van der Waals surface area contributed by atoms with Crippen molar-refractivity contribution in [3.8, 4) is 0 Å². The average molecular weight is 304 g/mol. The maximum atomic E-state index is 11.5. The van der Waals surface area contributed by atoms with E-state index in [1.165, 1.54) is 7.11 Å². The highest BCUT2D eigenvalue weighted by molar-refractivity contribution is 8.00. The standard InChI is InChI=1S/C12H20N2O3S2/c1-16-11(15)10-8-14(4-6-19-10)12(18)13-7-9-3-2-5-17-9/h9-10H,2-8H2,1H3,(H,13,18)/t9-,10+/m0/s1. The van der Waals surface area contributed by atoms with Crippen molar-refractivity contribution >= 4 is 35.1 Å². The number of esters is 1. The molecule has 19 heavy (non-hydrogen) atoms. The largest absolute Gasteiger partial charge is 0.468 e. The van der Waals surface area contributed by atoms with Gasteiger partial charge >= 0.3 is 5.97 Å². The molecule has 0 aromatic carbocycles. The van der Waals surface area contributed by atoms with E-state index in [-0.39, 0.29) is 17.3 Å². The van der Waals surface area contributed by atoms with Gasteiger partial charge in [-0.3, -0.25) is 4.79 Å². The van der Waals surface area contributed by atoms with E-state index in [1.54, 1.807) is 11.8 Å². The zero-order valence-corrected chi connectivity index (χ0v) is 12.7. The van der Waals surface area contributed by atoms with Gasteiger partial charge in [-0.15, -0.1) is 11.8 Å². The van der Waals surface area contributed by atoms with E-state index in [0.717, 1.165) is 38.3 Å². The second-order valence-electron chi connectivity index (χ2n) is 4.65. The summed E-state index contributed by atoms with van der Waals surface area (Å²) in [5, 5.41) is 3.82. The van der Waals surface area contributed by atoms with Crippen LogP contribution in [0.4, 0.5) is 0 Å². The summed E-state index contributed by atoms with van der Waals surface area (Å²) in [5.74, 6) is 0.721. The highest BCUT2D eigenvalue weighted by atomic mass is 32.2. The molecule has 5 nitrogen and oxygen atoms in total. The lowest BCUT2D eigenvalue weighted by Crippen LogP contribution is -2.50. The minimum atomic E-state index is -0.170. The van der Waals surface area contributed by atoms with E-state index < -0.39 is 0 Å². The molecule has 0 aromatic heterocycles. The minimum Gasteiger partial charge on any atom is -0.468 e. The van der Waals surface area contributed by atoms with Crippen LogP contribution >= 0.6 is 24.0 Å². The minimum absolute atomic E-state index is 0.138. The number of hydrogen-bond acceptors (Lipinski definition) is 5. The summed E-state index contributed by atoms with van der Waals surface area (Å²) >= 11 is 7.01. The number of thioether (sulfide) groups is 1. The molecule has 0 bridgehead atoms. The molecule has 0 spiro atoms. The fourth-order valence-electron chi connectivity index (χ4n) is 2.23. The Balaban J connectivity index is 1.76. The van der Waals surface area contributed by atoms with Crippen molar-refractivity contribution in [2.75, 3.05) is 39.1 Å². The normalized spacial score (nSPS) is 27.1. The number of nitrogens with zero attached hydrogens (tertiary/aromatic N) is 1. The molecule has 0 saturated carbocycles. The summed E-state index contributed by atoms with van der Waals surface area (Å²) in [6.45, 7) is 3.10. The molecule has 2 saturated heterocycles. The lowest BCUT2D eigenvalue weighted by Gasteiger charge is -2.33. The molecule has 0 unspecified atom stereocenters. The van der Waals surface area contributed by atoms with Crippen LogP contribution in [0.15, 0.2) is 0 Å². The third-order valence-corrected chi connectivity index (χ3v) is 4.89. The van der Waals surface area contributed by atoms with E-state index in [0.29, 0.717) is 11.7 Å². The predicted molar refractivity (Wildman–Crippen MR) is 79.4 cm³/mol. The zero-order chi connectivity index (χ0) is 13.7. The van der Waals surface area contributed by atoms with Crippen molar-refractivity contribution in [1.29, 1.82) is 0 Å². The van der Waals surface area contributed by atoms with Gasteiger partial charge in [-0.2, -0.15) is 0 Å². The van der Waals surface area contributed by atoms with Crippen LogP contribution in [0.1, 0.15) is 12.8 Å². The first kappa shape index (κ1) is 14.9. The fourth-order valence-corrected chi connectivity index (χ4v) is 3.60.